The van der Waals surface area contributed by atoms with Crippen LogP contribution in [0.2, 0.25) is 5.02 Å². The van der Waals surface area contributed by atoms with Crippen molar-refractivity contribution in [2.75, 3.05) is 11.9 Å². The predicted octanol–water partition coefficient (Wildman–Crippen LogP) is 2.74. The second-order valence-electron chi connectivity index (χ2n) is 4.63. The Morgan fingerprint density at radius 3 is 2.89 bits per heavy atom. The van der Waals surface area contributed by atoms with E-state index in [0.29, 0.717) is 21.5 Å². The summed E-state index contributed by atoms with van der Waals surface area (Å²) in [6.07, 6.45) is 1.16. The molecule has 1 saturated heterocycles. The van der Waals surface area contributed by atoms with Crippen LogP contribution in [0.4, 0.5) is 5.69 Å². The highest BCUT2D eigenvalue weighted by Crippen LogP contribution is 2.40. The molecular weight excluding hydrogens is 286 g/mol. The lowest BCUT2D eigenvalue weighted by Crippen LogP contribution is -2.13. The maximum atomic E-state index is 11.6. The number of thioether (sulfide) groups is 1. The van der Waals surface area contributed by atoms with Crippen molar-refractivity contribution >= 4 is 40.7 Å². The number of ether oxygens (including phenoxy) is 1. The number of hydrogen-bond donors (Lipinski definition) is 1. The normalized spacial score (nSPS) is 25.6. The molecule has 2 heterocycles. The smallest absolute Gasteiger partial charge is 0.296 e. The van der Waals surface area contributed by atoms with Gasteiger partial charge in [-0.25, -0.2) is 0 Å². The molecular formula is C13H12ClNO3S. The van der Waals surface area contributed by atoms with Crippen molar-refractivity contribution in [3.05, 3.63) is 22.7 Å². The van der Waals surface area contributed by atoms with Gasteiger partial charge in [-0.1, -0.05) is 11.6 Å². The Morgan fingerprint density at radius 1 is 1.42 bits per heavy atom. The van der Waals surface area contributed by atoms with Crippen LogP contribution in [0, 0.1) is 0 Å². The van der Waals surface area contributed by atoms with E-state index in [1.807, 2.05) is 6.92 Å². The van der Waals surface area contributed by atoms with Crippen molar-refractivity contribution in [2.45, 2.75) is 29.6 Å². The number of nitrogens with one attached hydrogen (secondary N) is 1. The summed E-state index contributed by atoms with van der Waals surface area (Å²) in [6.45, 7) is 2.80. The molecule has 1 N–H and O–H groups in total. The first kappa shape index (κ1) is 13.0. The average molecular weight is 298 g/mol. The van der Waals surface area contributed by atoms with Crippen molar-refractivity contribution in [1.82, 2.24) is 0 Å². The molecule has 0 bridgehead atoms. The Kier molecular flexibility index (Phi) is 3.28. The van der Waals surface area contributed by atoms with Crippen molar-refractivity contribution in [2.24, 2.45) is 0 Å². The van der Waals surface area contributed by atoms with Gasteiger partial charge in [-0.3, -0.25) is 9.59 Å². The van der Waals surface area contributed by atoms with E-state index in [1.165, 1.54) is 0 Å². The predicted molar refractivity (Wildman–Crippen MR) is 74.1 cm³/mol. The van der Waals surface area contributed by atoms with Crippen molar-refractivity contribution in [1.29, 1.82) is 0 Å². The Hall–Kier alpha value is -1.04. The number of benzene rings is 1. The monoisotopic (exact) mass is 297 g/mol. The third kappa shape index (κ3) is 2.26. The largest absolute Gasteiger partial charge is 0.377 e. The van der Waals surface area contributed by atoms with E-state index in [-0.39, 0.29) is 6.10 Å². The molecule has 0 aliphatic carbocycles. The van der Waals surface area contributed by atoms with Gasteiger partial charge < -0.3 is 10.1 Å². The minimum absolute atomic E-state index is 0.186. The summed E-state index contributed by atoms with van der Waals surface area (Å²) in [6, 6.07) is 3.34. The molecule has 1 aromatic carbocycles. The number of fused-ring (bicyclic) bond motifs is 1. The van der Waals surface area contributed by atoms with Gasteiger partial charge in [0.15, 0.2) is 0 Å². The third-order valence-corrected chi connectivity index (χ3v) is 5.29. The number of ketones is 1. The third-order valence-electron chi connectivity index (χ3n) is 3.36. The van der Waals surface area contributed by atoms with Gasteiger partial charge in [0, 0.05) is 16.8 Å². The number of hydrogen-bond acceptors (Lipinski definition) is 4. The fourth-order valence-corrected chi connectivity index (χ4v) is 3.73. The van der Waals surface area contributed by atoms with Crippen LogP contribution < -0.4 is 5.32 Å². The van der Waals surface area contributed by atoms with Gasteiger partial charge in [0.05, 0.1) is 22.4 Å². The standard InChI is InChI=1S/C13H12ClNO3S/c1-6-10(2-3-18-6)19-11-5-9-7(4-8(11)14)12(16)13(17)15-9/h4-6,10H,2-3H2,1H3,(H,15,16,17). The van der Waals surface area contributed by atoms with Crippen LogP contribution in [-0.2, 0) is 9.53 Å². The summed E-state index contributed by atoms with van der Waals surface area (Å²) < 4.78 is 5.52. The summed E-state index contributed by atoms with van der Waals surface area (Å²) in [7, 11) is 0. The van der Waals surface area contributed by atoms with E-state index in [9.17, 15) is 9.59 Å². The van der Waals surface area contributed by atoms with Crippen molar-refractivity contribution in [3.8, 4) is 0 Å². The van der Waals surface area contributed by atoms with E-state index in [2.05, 4.69) is 5.32 Å². The number of anilines is 1. The average Bonchev–Trinajstić information content (AvgIpc) is 2.88. The Balaban J connectivity index is 1.90. The molecule has 4 nitrogen and oxygen atoms in total. The van der Waals surface area contributed by atoms with E-state index >= 15 is 0 Å². The van der Waals surface area contributed by atoms with Gasteiger partial charge in [0.25, 0.3) is 11.7 Å². The van der Waals surface area contributed by atoms with E-state index < -0.39 is 11.7 Å². The minimum Gasteiger partial charge on any atom is -0.377 e. The molecule has 3 rings (SSSR count). The lowest BCUT2D eigenvalue weighted by atomic mass is 10.1. The first-order valence-electron chi connectivity index (χ1n) is 6.04. The van der Waals surface area contributed by atoms with Crippen LogP contribution in [0.25, 0.3) is 0 Å². The molecule has 2 aliphatic heterocycles. The SMILES string of the molecule is CC1OCCC1Sc1cc2c(cc1Cl)C(=O)C(=O)N2. The first-order valence-corrected chi connectivity index (χ1v) is 7.29. The summed E-state index contributed by atoms with van der Waals surface area (Å²) in [5.74, 6) is -1.11. The fourth-order valence-electron chi connectivity index (χ4n) is 2.27. The molecule has 19 heavy (non-hydrogen) atoms. The number of carbonyl (C=O) groups excluding carboxylic acids is 2. The molecule has 0 aromatic heterocycles. The summed E-state index contributed by atoms with van der Waals surface area (Å²) >= 11 is 7.83. The number of rotatable bonds is 2. The van der Waals surface area contributed by atoms with E-state index in [4.69, 9.17) is 16.3 Å². The minimum atomic E-state index is -0.592. The van der Waals surface area contributed by atoms with Gasteiger partial charge in [0.1, 0.15) is 0 Å². The van der Waals surface area contributed by atoms with Crippen LogP contribution in [0.5, 0.6) is 0 Å². The number of halogens is 1. The quantitative estimate of drug-likeness (QED) is 0.853. The molecule has 1 amide bonds. The van der Waals surface area contributed by atoms with Crippen molar-refractivity contribution in [3.63, 3.8) is 0 Å². The second-order valence-corrected chi connectivity index (χ2v) is 6.32. The molecule has 100 valence electrons. The van der Waals surface area contributed by atoms with Crippen LogP contribution in [-0.4, -0.2) is 29.7 Å². The number of Topliss-reactive ketones (excluding diaryl/α,β-unsaturated/α-hetero) is 1. The highest BCUT2D eigenvalue weighted by molar-refractivity contribution is 8.00. The zero-order valence-electron chi connectivity index (χ0n) is 10.2. The molecule has 0 spiro atoms. The topological polar surface area (TPSA) is 55.4 Å². The van der Waals surface area contributed by atoms with Gasteiger partial charge in [-0.15, -0.1) is 11.8 Å². The molecule has 0 saturated carbocycles. The highest BCUT2D eigenvalue weighted by atomic mass is 35.5. The van der Waals surface area contributed by atoms with Gasteiger partial charge >= 0.3 is 0 Å². The molecule has 2 atom stereocenters. The molecule has 1 aromatic rings. The zero-order chi connectivity index (χ0) is 13.6. The van der Waals surface area contributed by atoms with Gasteiger partial charge in [-0.2, -0.15) is 0 Å². The first-order chi connectivity index (χ1) is 9.06. The second kappa shape index (κ2) is 4.81. The van der Waals surface area contributed by atoms with Crippen LogP contribution in [0.15, 0.2) is 17.0 Å². The van der Waals surface area contributed by atoms with Crippen molar-refractivity contribution < 1.29 is 14.3 Å². The van der Waals surface area contributed by atoms with E-state index in [1.54, 1.807) is 23.9 Å². The Morgan fingerprint density at radius 2 is 2.21 bits per heavy atom. The number of carbonyl (C=O) groups is 2. The lowest BCUT2D eigenvalue weighted by Gasteiger charge is -2.15. The molecule has 1 fully saturated rings. The fraction of sp³-hybridized carbons (Fsp3) is 0.385. The van der Waals surface area contributed by atoms with Crippen LogP contribution in [0.1, 0.15) is 23.7 Å². The maximum Gasteiger partial charge on any atom is 0.296 e. The van der Waals surface area contributed by atoms with Crippen LogP contribution in [0.3, 0.4) is 0 Å². The number of amides is 1. The van der Waals surface area contributed by atoms with Crippen LogP contribution >= 0.6 is 23.4 Å². The summed E-state index contributed by atoms with van der Waals surface area (Å²) in [5.41, 5.74) is 0.906. The lowest BCUT2D eigenvalue weighted by molar-refractivity contribution is -0.112. The molecule has 0 radical (unpaired) electrons. The maximum absolute atomic E-state index is 11.6. The highest BCUT2D eigenvalue weighted by Gasteiger charge is 2.31. The van der Waals surface area contributed by atoms with Gasteiger partial charge in [-0.05, 0) is 25.5 Å². The van der Waals surface area contributed by atoms with E-state index in [0.717, 1.165) is 17.9 Å². The van der Waals surface area contributed by atoms with Gasteiger partial charge in [0.2, 0.25) is 0 Å². The molecule has 2 unspecified atom stereocenters. The Labute approximate surface area is 119 Å². The Bertz CT molecular complexity index is 575. The molecule has 6 heteroatoms. The zero-order valence-corrected chi connectivity index (χ0v) is 11.8. The summed E-state index contributed by atoms with van der Waals surface area (Å²) in [5, 5.41) is 3.42. The molecule has 2 aliphatic rings. The summed E-state index contributed by atoms with van der Waals surface area (Å²) in [4.78, 5) is 23.8.